The molecule has 0 aliphatic heterocycles. The third-order valence-electron chi connectivity index (χ3n) is 4.84. The Balaban J connectivity index is 4.22. The van der Waals surface area contributed by atoms with Gasteiger partial charge >= 0.3 is 0 Å². The van der Waals surface area contributed by atoms with Crippen LogP contribution in [0.1, 0.15) is 67.7 Å². The first-order valence-electron chi connectivity index (χ1n) is 6.95. The fourth-order valence-electron chi connectivity index (χ4n) is 2.61. The Morgan fingerprint density at radius 2 is 1.13 bits per heavy atom. The summed E-state index contributed by atoms with van der Waals surface area (Å²) in [5.74, 6) is 4.35. The lowest BCUT2D eigenvalue weighted by atomic mass is 9.72. The van der Waals surface area contributed by atoms with Crippen molar-refractivity contribution in [2.24, 2.45) is 29.6 Å². The van der Waals surface area contributed by atoms with E-state index in [0.717, 1.165) is 29.6 Å². The molecule has 0 aromatic carbocycles. The van der Waals surface area contributed by atoms with Gasteiger partial charge in [0, 0.05) is 0 Å². The van der Waals surface area contributed by atoms with E-state index >= 15 is 0 Å². The average Bonchev–Trinajstić information content (AvgIpc) is 2.25. The second kappa shape index (κ2) is 7.30. The molecule has 0 aromatic heterocycles. The topological polar surface area (TPSA) is 0 Å². The van der Waals surface area contributed by atoms with Crippen molar-refractivity contribution < 1.29 is 0 Å². The van der Waals surface area contributed by atoms with Crippen LogP contribution in [0.2, 0.25) is 0 Å². The fourth-order valence-corrected chi connectivity index (χ4v) is 2.61. The summed E-state index contributed by atoms with van der Waals surface area (Å²) in [6, 6.07) is 0. The zero-order valence-electron chi connectivity index (χ0n) is 12.0. The van der Waals surface area contributed by atoms with Gasteiger partial charge in [-0.1, -0.05) is 67.7 Å². The third-order valence-corrected chi connectivity index (χ3v) is 4.84. The first-order valence-corrected chi connectivity index (χ1v) is 6.95. The molecule has 0 fully saturated rings. The van der Waals surface area contributed by atoms with Gasteiger partial charge in [-0.2, -0.15) is 0 Å². The minimum Gasteiger partial charge on any atom is -0.0654 e. The molecule has 0 heteroatoms. The van der Waals surface area contributed by atoms with Crippen molar-refractivity contribution in [3.05, 3.63) is 0 Å². The van der Waals surface area contributed by atoms with E-state index in [1.807, 2.05) is 0 Å². The molecule has 5 unspecified atom stereocenters. The van der Waals surface area contributed by atoms with E-state index in [9.17, 15) is 0 Å². The maximum Gasteiger partial charge on any atom is -0.0386 e. The van der Waals surface area contributed by atoms with Crippen LogP contribution in [0.25, 0.3) is 0 Å². The second-order valence-electron chi connectivity index (χ2n) is 5.73. The van der Waals surface area contributed by atoms with E-state index in [0.29, 0.717) is 0 Å². The summed E-state index contributed by atoms with van der Waals surface area (Å²) in [5, 5.41) is 0. The van der Waals surface area contributed by atoms with Crippen molar-refractivity contribution in [2.75, 3.05) is 0 Å². The SMILES string of the molecule is CCCC(C)C(C)C(C)C(C)C(C)CC. The van der Waals surface area contributed by atoms with E-state index in [4.69, 9.17) is 0 Å². The summed E-state index contributed by atoms with van der Waals surface area (Å²) in [5.41, 5.74) is 0. The molecule has 15 heavy (non-hydrogen) atoms. The molecule has 0 aliphatic carbocycles. The maximum absolute atomic E-state index is 2.45. The van der Waals surface area contributed by atoms with Crippen LogP contribution in [-0.4, -0.2) is 0 Å². The molecule has 0 spiro atoms. The fraction of sp³-hybridized carbons (Fsp3) is 1.00. The Morgan fingerprint density at radius 1 is 0.667 bits per heavy atom. The first-order chi connectivity index (χ1) is 6.95. The molecule has 0 heterocycles. The Morgan fingerprint density at radius 3 is 1.53 bits per heavy atom. The van der Waals surface area contributed by atoms with Gasteiger partial charge in [0.2, 0.25) is 0 Å². The molecule has 0 saturated heterocycles. The molecule has 5 atom stereocenters. The van der Waals surface area contributed by atoms with Crippen molar-refractivity contribution in [1.29, 1.82) is 0 Å². The summed E-state index contributed by atoms with van der Waals surface area (Å²) in [6.45, 7) is 16.8. The van der Waals surface area contributed by atoms with Crippen LogP contribution in [-0.2, 0) is 0 Å². The Hall–Kier alpha value is 0. The highest BCUT2D eigenvalue weighted by Gasteiger charge is 2.25. The van der Waals surface area contributed by atoms with Crippen molar-refractivity contribution in [1.82, 2.24) is 0 Å². The molecule has 0 N–H and O–H groups in total. The minimum absolute atomic E-state index is 0.862. The Bertz CT molecular complexity index is 150. The van der Waals surface area contributed by atoms with Crippen LogP contribution in [0.15, 0.2) is 0 Å². The lowest BCUT2D eigenvalue weighted by Crippen LogP contribution is -2.26. The summed E-state index contributed by atoms with van der Waals surface area (Å²) in [6.07, 6.45) is 4.04. The van der Waals surface area contributed by atoms with E-state index in [2.05, 4.69) is 48.5 Å². The van der Waals surface area contributed by atoms with Gasteiger partial charge < -0.3 is 0 Å². The highest BCUT2D eigenvalue weighted by molar-refractivity contribution is 4.75. The van der Waals surface area contributed by atoms with Crippen LogP contribution in [0, 0.1) is 29.6 Å². The van der Waals surface area contributed by atoms with Gasteiger partial charge in [-0.05, 0) is 29.6 Å². The summed E-state index contributed by atoms with van der Waals surface area (Å²) < 4.78 is 0. The van der Waals surface area contributed by atoms with Crippen molar-refractivity contribution >= 4 is 0 Å². The smallest absolute Gasteiger partial charge is 0.0386 e. The average molecular weight is 212 g/mol. The summed E-state index contributed by atoms with van der Waals surface area (Å²) >= 11 is 0. The molecule has 0 nitrogen and oxygen atoms in total. The highest BCUT2D eigenvalue weighted by Crippen LogP contribution is 2.33. The van der Waals surface area contributed by atoms with Crippen LogP contribution < -0.4 is 0 Å². The van der Waals surface area contributed by atoms with Crippen molar-refractivity contribution in [2.45, 2.75) is 67.7 Å². The lowest BCUT2D eigenvalue weighted by molar-refractivity contribution is 0.161. The normalized spacial score (nSPS) is 21.8. The standard InChI is InChI=1S/C15H32/c1-8-10-12(4)14(6)15(7)13(5)11(3)9-2/h11-15H,8-10H2,1-7H3. The minimum atomic E-state index is 0.862. The van der Waals surface area contributed by atoms with Gasteiger partial charge in [0.15, 0.2) is 0 Å². The molecule has 0 aromatic rings. The van der Waals surface area contributed by atoms with Crippen molar-refractivity contribution in [3.8, 4) is 0 Å². The Kier molecular flexibility index (Phi) is 7.30. The second-order valence-corrected chi connectivity index (χ2v) is 5.73. The van der Waals surface area contributed by atoms with Gasteiger partial charge in [-0.3, -0.25) is 0 Å². The molecule has 0 rings (SSSR count). The molecule has 0 radical (unpaired) electrons. The van der Waals surface area contributed by atoms with Crippen LogP contribution in [0.5, 0.6) is 0 Å². The third kappa shape index (κ3) is 4.57. The van der Waals surface area contributed by atoms with E-state index in [-0.39, 0.29) is 0 Å². The quantitative estimate of drug-likeness (QED) is 0.531. The molecule has 0 amide bonds. The Labute approximate surface area is 97.8 Å². The summed E-state index contributed by atoms with van der Waals surface area (Å²) in [4.78, 5) is 0. The molecular weight excluding hydrogens is 180 g/mol. The molecule has 0 saturated carbocycles. The number of hydrogen-bond donors (Lipinski definition) is 0. The molecule has 92 valence electrons. The van der Waals surface area contributed by atoms with E-state index in [1.165, 1.54) is 19.3 Å². The van der Waals surface area contributed by atoms with E-state index in [1.54, 1.807) is 0 Å². The zero-order valence-corrected chi connectivity index (χ0v) is 12.0. The van der Waals surface area contributed by atoms with E-state index < -0.39 is 0 Å². The van der Waals surface area contributed by atoms with Crippen LogP contribution in [0.3, 0.4) is 0 Å². The number of rotatable bonds is 7. The largest absolute Gasteiger partial charge is 0.0654 e. The first kappa shape index (κ1) is 15.0. The molecular formula is C15H32. The summed E-state index contributed by atoms with van der Waals surface area (Å²) in [7, 11) is 0. The molecule has 0 bridgehead atoms. The van der Waals surface area contributed by atoms with Gasteiger partial charge in [0.25, 0.3) is 0 Å². The number of hydrogen-bond acceptors (Lipinski definition) is 0. The maximum atomic E-state index is 2.45. The zero-order chi connectivity index (χ0) is 12.0. The predicted octanol–water partition coefficient (Wildman–Crippen LogP) is 5.38. The monoisotopic (exact) mass is 212 g/mol. The van der Waals surface area contributed by atoms with Crippen molar-refractivity contribution in [3.63, 3.8) is 0 Å². The van der Waals surface area contributed by atoms with Crippen LogP contribution in [0.4, 0.5) is 0 Å². The lowest BCUT2D eigenvalue weighted by Gasteiger charge is -2.33. The van der Waals surface area contributed by atoms with Gasteiger partial charge in [-0.15, -0.1) is 0 Å². The van der Waals surface area contributed by atoms with Gasteiger partial charge in [0.05, 0.1) is 0 Å². The van der Waals surface area contributed by atoms with Crippen LogP contribution >= 0.6 is 0 Å². The van der Waals surface area contributed by atoms with Gasteiger partial charge in [0.1, 0.15) is 0 Å². The van der Waals surface area contributed by atoms with Gasteiger partial charge in [-0.25, -0.2) is 0 Å². The molecule has 0 aliphatic rings. The highest BCUT2D eigenvalue weighted by atomic mass is 14.3. The predicted molar refractivity (Wildman–Crippen MR) is 71.0 cm³/mol.